The summed E-state index contributed by atoms with van der Waals surface area (Å²) in [5.74, 6) is -0.324. The van der Waals surface area contributed by atoms with Crippen LogP contribution in [-0.2, 0) is 6.42 Å². The van der Waals surface area contributed by atoms with Crippen molar-refractivity contribution in [1.82, 2.24) is 9.55 Å². The van der Waals surface area contributed by atoms with Crippen molar-refractivity contribution in [2.24, 2.45) is 15.2 Å². The second-order valence-corrected chi connectivity index (χ2v) is 8.88. The van der Waals surface area contributed by atoms with E-state index in [1.807, 2.05) is 59.2 Å². The van der Waals surface area contributed by atoms with Gasteiger partial charge in [-0.05, 0) is 65.6 Å². The lowest BCUT2D eigenvalue weighted by molar-refractivity contribution is -0.274. The SMILES string of the molecule is CCc1ccccc1/N=C(S)/N=N\C=C1/C=CC2C(=C1)C=Cc1c2ncn1-c1ccc(OC(F)(F)F)cc1. The van der Waals surface area contributed by atoms with Crippen molar-refractivity contribution < 1.29 is 17.9 Å². The number of fused-ring (bicyclic) bond motifs is 3. The maximum absolute atomic E-state index is 12.5. The Hall–Kier alpha value is -4.18. The quantitative estimate of drug-likeness (QED) is 0.157. The van der Waals surface area contributed by atoms with Crippen LogP contribution in [0.5, 0.6) is 5.75 Å². The molecular formula is C28H22F3N5OS. The van der Waals surface area contributed by atoms with E-state index in [-0.39, 0.29) is 16.8 Å². The zero-order valence-corrected chi connectivity index (χ0v) is 21.1. The smallest absolute Gasteiger partial charge is 0.406 e. The molecule has 0 bridgehead atoms. The zero-order chi connectivity index (χ0) is 26.7. The van der Waals surface area contributed by atoms with E-state index < -0.39 is 6.36 Å². The lowest BCUT2D eigenvalue weighted by Gasteiger charge is -2.22. The van der Waals surface area contributed by atoms with Gasteiger partial charge in [-0.2, -0.15) is 5.11 Å². The van der Waals surface area contributed by atoms with Gasteiger partial charge in [0.05, 0.1) is 23.3 Å². The van der Waals surface area contributed by atoms with E-state index in [1.54, 1.807) is 24.7 Å². The fourth-order valence-corrected chi connectivity index (χ4v) is 4.45. The molecule has 5 rings (SSSR count). The fraction of sp³-hybridized carbons (Fsp3) is 0.143. The van der Waals surface area contributed by atoms with Gasteiger partial charge >= 0.3 is 6.36 Å². The number of allylic oxidation sites excluding steroid dienone is 6. The summed E-state index contributed by atoms with van der Waals surface area (Å²) < 4.78 is 43.2. The molecule has 0 fully saturated rings. The standard InChI is InChI=1S/C28H22F3N5OS/c1-2-19-5-3-4-6-24(19)34-27(38)35-33-16-18-7-13-23-20(15-18)8-14-25-26(23)32-17-36(25)21-9-11-22(12-10-21)37-28(29,30)31/h3-17,23H,2H2,1H3,(H,34,38)/b18-16+,35-33-. The van der Waals surface area contributed by atoms with E-state index in [9.17, 15) is 13.2 Å². The number of aryl methyl sites for hydroxylation is 1. The number of amidine groups is 1. The number of aromatic nitrogens is 2. The summed E-state index contributed by atoms with van der Waals surface area (Å²) in [7, 11) is 0. The molecule has 3 aromatic rings. The van der Waals surface area contributed by atoms with Crippen LogP contribution in [0.15, 0.2) is 112 Å². The van der Waals surface area contributed by atoms with Crippen molar-refractivity contribution in [2.45, 2.75) is 25.6 Å². The molecular weight excluding hydrogens is 511 g/mol. The number of para-hydroxylation sites is 1. The number of alkyl halides is 3. The molecule has 0 saturated carbocycles. The molecule has 0 saturated heterocycles. The topological polar surface area (TPSA) is 64.1 Å². The van der Waals surface area contributed by atoms with Gasteiger partial charge in [-0.15, -0.1) is 30.9 Å². The second-order valence-electron chi connectivity index (χ2n) is 8.48. The van der Waals surface area contributed by atoms with Crippen molar-refractivity contribution in [3.05, 3.63) is 113 Å². The minimum absolute atomic E-state index is 0.0503. The summed E-state index contributed by atoms with van der Waals surface area (Å²) in [4.78, 5) is 9.01. The van der Waals surface area contributed by atoms with E-state index in [2.05, 4.69) is 44.5 Å². The normalized spacial score (nSPS) is 18.0. The average Bonchev–Trinajstić information content (AvgIpc) is 3.33. The number of hydrogen-bond donors (Lipinski definition) is 1. The second kappa shape index (κ2) is 10.7. The fourth-order valence-electron chi connectivity index (χ4n) is 4.29. The van der Waals surface area contributed by atoms with Crippen LogP contribution < -0.4 is 4.74 Å². The molecule has 192 valence electrons. The van der Waals surface area contributed by atoms with Crippen molar-refractivity contribution in [3.8, 4) is 11.4 Å². The summed E-state index contributed by atoms with van der Waals surface area (Å²) in [5, 5.41) is 8.49. The first kappa shape index (κ1) is 25.5. The maximum atomic E-state index is 12.5. The van der Waals surface area contributed by atoms with Gasteiger partial charge in [-0.1, -0.05) is 43.4 Å². The summed E-state index contributed by atoms with van der Waals surface area (Å²) >= 11 is 4.34. The minimum Gasteiger partial charge on any atom is -0.406 e. The predicted molar refractivity (Wildman–Crippen MR) is 144 cm³/mol. The molecule has 1 atom stereocenters. The van der Waals surface area contributed by atoms with Crippen molar-refractivity contribution >= 4 is 29.6 Å². The molecule has 0 amide bonds. The lowest BCUT2D eigenvalue weighted by Crippen LogP contribution is -2.17. The molecule has 2 aliphatic rings. The highest BCUT2D eigenvalue weighted by Gasteiger charge is 2.31. The first-order chi connectivity index (χ1) is 18.3. The van der Waals surface area contributed by atoms with Gasteiger partial charge in [-0.25, -0.2) is 9.98 Å². The highest BCUT2D eigenvalue weighted by molar-refractivity contribution is 7.96. The molecule has 0 N–H and O–H groups in total. The number of ether oxygens (including phenoxy) is 1. The molecule has 2 aromatic carbocycles. The van der Waals surface area contributed by atoms with Crippen LogP contribution in [0, 0.1) is 0 Å². The van der Waals surface area contributed by atoms with Crippen molar-refractivity contribution in [2.75, 3.05) is 0 Å². The third kappa shape index (κ3) is 5.70. The van der Waals surface area contributed by atoms with Crippen LogP contribution in [0.25, 0.3) is 11.8 Å². The predicted octanol–water partition coefficient (Wildman–Crippen LogP) is 7.89. The number of imidazole rings is 1. The summed E-state index contributed by atoms with van der Waals surface area (Å²) in [6.07, 6.45) is 9.35. The molecule has 2 aliphatic carbocycles. The summed E-state index contributed by atoms with van der Waals surface area (Å²) in [6, 6.07) is 13.5. The maximum Gasteiger partial charge on any atom is 0.573 e. The Morgan fingerprint density at radius 2 is 1.89 bits per heavy atom. The van der Waals surface area contributed by atoms with Gasteiger partial charge in [0.2, 0.25) is 5.17 Å². The number of hydrogen-bond acceptors (Lipinski definition) is 4. The van der Waals surface area contributed by atoms with Gasteiger partial charge in [0.15, 0.2) is 0 Å². The monoisotopic (exact) mass is 533 g/mol. The van der Waals surface area contributed by atoms with E-state index in [4.69, 9.17) is 0 Å². The van der Waals surface area contributed by atoms with Gasteiger partial charge in [0.25, 0.3) is 0 Å². The summed E-state index contributed by atoms with van der Waals surface area (Å²) in [5.41, 5.74) is 6.22. The number of azo groups is 1. The van der Waals surface area contributed by atoms with Crippen LogP contribution >= 0.6 is 12.6 Å². The van der Waals surface area contributed by atoms with Crippen LogP contribution in [0.2, 0.25) is 0 Å². The number of thiol groups is 1. The van der Waals surface area contributed by atoms with Gasteiger partial charge in [0.1, 0.15) is 12.1 Å². The number of benzene rings is 2. The van der Waals surface area contributed by atoms with Gasteiger partial charge < -0.3 is 4.74 Å². The Kier molecular flexibility index (Phi) is 7.15. The number of rotatable bonds is 5. The largest absolute Gasteiger partial charge is 0.573 e. The van der Waals surface area contributed by atoms with Gasteiger partial charge in [0, 0.05) is 11.6 Å². The highest BCUT2D eigenvalue weighted by Crippen LogP contribution is 2.38. The van der Waals surface area contributed by atoms with Gasteiger partial charge in [-0.3, -0.25) is 4.57 Å². The Balaban J connectivity index is 1.31. The van der Waals surface area contributed by atoms with Crippen molar-refractivity contribution in [3.63, 3.8) is 0 Å². The number of halogens is 3. The molecule has 1 aromatic heterocycles. The Labute approximate surface area is 222 Å². The molecule has 0 radical (unpaired) electrons. The molecule has 6 nitrogen and oxygen atoms in total. The van der Waals surface area contributed by atoms with E-state index in [0.29, 0.717) is 5.69 Å². The van der Waals surface area contributed by atoms with Crippen LogP contribution in [0.1, 0.15) is 29.8 Å². The Morgan fingerprint density at radius 3 is 2.66 bits per heavy atom. The Bertz CT molecular complexity index is 1530. The zero-order valence-electron chi connectivity index (χ0n) is 20.2. The molecule has 1 heterocycles. The van der Waals surface area contributed by atoms with Crippen LogP contribution in [0.3, 0.4) is 0 Å². The van der Waals surface area contributed by atoms with E-state index in [0.717, 1.165) is 40.2 Å². The lowest BCUT2D eigenvalue weighted by atomic mass is 9.84. The molecule has 0 spiro atoms. The third-order valence-electron chi connectivity index (χ3n) is 6.03. The van der Waals surface area contributed by atoms with E-state index in [1.165, 1.54) is 12.1 Å². The van der Waals surface area contributed by atoms with Crippen molar-refractivity contribution in [1.29, 1.82) is 0 Å². The molecule has 10 heteroatoms. The van der Waals surface area contributed by atoms with Crippen LogP contribution in [-0.4, -0.2) is 21.1 Å². The van der Waals surface area contributed by atoms with E-state index >= 15 is 0 Å². The molecule has 0 aliphatic heterocycles. The highest BCUT2D eigenvalue weighted by atomic mass is 32.1. The molecule has 1 unspecified atom stereocenters. The number of nitrogens with zero attached hydrogens (tertiary/aromatic N) is 5. The first-order valence-electron chi connectivity index (χ1n) is 11.8. The average molecular weight is 534 g/mol. The minimum atomic E-state index is -4.73. The number of aliphatic imine (C=N–C) groups is 1. The molecule has 38 heavy (non-hydrogen) atoms. The first-order valence-corrected chi connectivity index (χ1v) is 12.2. The van der Waals surface area contributed by atoms with Crippen LogP contribution in [0.4, 0.5) is 18.9 Å². The third-order valence-corrected chi connectivity index (χ3v) is 6.22. The summed E-state index contributed by atoms with van der Waals surface area (Å²) in [6.45, 7) is 2.07. The Morgan fingerprint density at radius 1 is 1.11 bits per heavy atom.